The maximum Gasteiger partial charge on any atom is 0.261 e. The molecule has 0 bridgehead atoms. The maximum atomic E-state index is 14.8. The molecule has 0 saturated carbocycles. The first-order valence-corrected chi connectivity index (χ1v) is 14.0. The summed E-state index contributed by atoms with van der Waals surface area (Å²) in [5, 5.41) is 0. The predicted octanol–water partition coefficient (Wildman–Crippen LogP) is 7.38. The molecule has 7 rings (SSSR count). The molecule has 1 aromatic heterocycles. The predicted molar refractivity (Wildman–Crippen MR) is 165 cm³/mol. The number of aromatic nitrogens is 1. The average molecular weight is 549 g/mol. The fourth-order valence-corrected chi connectivity index (χ4v) is 6.28. The van der Waals surface area contributed by atoms with Gasteiger partial charge in [-0.15, -0.1) is 0 Å². The maximum absolute atomic E-state index is 14.8. The van der Waals surface area contributed by atoms with E-state index >= 15 is 0 Å². The molecule has 1 unspecified atom stereocenters. The van der Waals surface area contributed by atoms with Crippen LogP contribution in [0, 0.1) is 20.8 Å². The molecule has 0 spiro atoms. The number of carbonyl (C=O) groups is 2. The number of fused-ring (bicyclic) bond motifs is 2. The smallest absolute Gasteiger partial charge is 0.261 e. The van der Waals surface area contributed by atoms with E-state index < -0.39 is 5.92 Å². The molecular formula is C37H28N2O3. The second kappa shape index (κ2) is 9.67. The van der Waals surface area contributed by atoms with E-state index in [4.69, 9.17) is 0 Å². The van der Waals surface area contributed by atoms with E-state index in [0.717, 1.165) is 28.1 Å². The summed E-state index contributed by atoms with van der Waals surface area (Å²) in [5.41, 5.74) is 7.35. The van der Waals surface area contributed by atoms with E-state index in [-0.39, 0.29) is 17.1 Å². The Morgan fingerprint density at radius 1 is 0.595 bits per heavy atom. The first-order chi connectivity index (χ1) is 20.3. The van der Waals surface area contributed by atoms with Gasteiger partial charge in [0, 0.05) is 39.7 Å². The van der Waals surface area contributed by atoms with Crippen LogP contribution in [0.3, 0.4) is 0 Å². The van der Waals surface area contributed by atoms with E-state index in [1.54, 1.807) is 28.8 Å². The fourth-order valence-electron chi connectivity index (χ4n) is 6.28. The van der Waals surface area contributed by atoms with Crippen molar-refractivity contribution in [3.63, 3.8) is 0 Å². The first kappa shape index (κ1) is 25.7. The Morgan fingerprint density at radius 2 is 1.14 bits per heavy atom. The molecule has 5 aromatic rings. The molecule has 0 N–H and O–H groups in total. The van der Waals surface area contributed by atoms with Crippen LogP contribution < -0.4 is 10.5 Å². The molecule has 5 heteroatoms. The number of nitrogens with zero attached hydrogens (tertiary/aromatic N) is 2. The number of hydrogen-bond acceptors (Lipinski definition) is 4. The van der Waals surface area contributed by atoms with Crippen molar-refractivity contribution in [2.75, 3.05) is 4.90 Å². The summed E-state index contributed by atoms with van der Waals surface area (Å²) >= 11 is 0. The molecule has 1 atom stereocenters. The number of aryl methyl sites for hydroxylation is 3. The standard InChI is InChI=1S/C37H28N2O3/c1-22-13-17-26(18-14-22)38-24(3)21-30-32(37(38)42)31(25-9-5-4-6-10-25)33-34(39(30)27-19-15-23(2)16-20-27)36(41)29-12-8-7-11-28(29)35(33)40/h4-21,31H,1-3H3. The van der Waals surface area contributed by atoms with E-state index in [0.29, 0.717) is 39.3 Å². The van der Waals surface area contributed by atoms with Gasteiger partial charge in [0.05, 0.1) is 11.3 Å². The van der Waals surface area contributed by atoms with Crippen LogP contribution in [0.25, 0.3) is 5.69 Å². The van der Waals surface area contributed by atoms with Gasteiger partial charge in [-0.2, -0.15) is 0 Å². The minimum absolute atomic E-state index is 0.217. The molecule has 2 heterocycles. The second-order valence-corrected chi connectivity index (χ2v) is 11.0. The molecule has 2 aliphatic rings. The molecule has 0 fully saturated rings. The molecule has 42 heavy (non-hydrogen) atoms. The number of rotatable bonds is 3. The summed E-state index contributed by atoms with van der Waals surface area (Å²) in [5.74, 6) is -1.20. The number of anilines is 2. The Balaban J connectivity index is 1.62. The zero-order chi connectivity index (χ0) is 29.1. The van der Waals surface area contributed by atoms with E-state index in [9.17, 15) is 14.4 Å². The molecule has 204 valence electrons. The normalized spacial score (nSPS) is 15.8. The summed E-state index contributed by atoms with van der Waals surface area (Å²) in [6.45, 7) is 5.91. The fraction of sp³-hybridized carbons (Fsp3) is 0.108. The van der Waals surface area contributed by atoms with Crippen molar-refractivity contribution in [2.45, 2.75) is 26.7 Å². The first-order valence-electron chi connectivity index (χ1n) is 14.0. The highest BCUT2D eigenvalue weighted by atomic mass is 16.1. The van der Waals surface area contributed by atoms with Gasteiger partial charge in [-0.3, -0.25) is 19.0 Å². The lowest BCUT2D eigenvalue weighted by Gasteiger charge is -2.40. The third kappa shape index (κ3) is 3.81. The van der Waals surface area contributed by atoms with Crippen LogP contribution in [-0.2, 0) is 0 Å². The summed E-state index contributed by atoms with van der Waals surface area (Å²) in [7, 11) is 0. The van der Waals surface area contributed by atoms with Crippen molar-refractivity contribution in [1.82, 2.24) is 4.57 Å². The summed E-state index contributed by atoms with van der Waals surface area (Å²) < 4.78 is 1.70. The average Bonchev–Trinajstić information content (AvgIpc) is 3.00. The molecule has 1 aliphatic carbocycles. The zero-order valence-electron chi connectivity index (χ0n) is 23.6. The van der Waals surface area contributed by atoms with Gasteiger partial charge in [-0.25, -0.2) is 0 Å². The monoisotopic (exact) mass is 548 g/mol. The molecule has 0 radical (unpaired) electrons. The van der Waals surface area contributed by atoms with Crippen LogP contribution in [0.4, 0.5) is 11.4 Å². The quantitative estimate of drug-likeness (QED) is 0.236. The van der Waals surface area contributed by atoms with Gasteiger partial charge in [0.1, 0.15) is 5.70 Å². The van der Waals surface area contributed by atoms with Crippen molar-refractivity contribution in [3.8, 4) is 5.69 Å². The van der Waals surface area contributed by atoms with Crippen LogP contribution in [0.1, 0.15) is 54.6 Å². The molecule has 4 aromatic carbocycles. The van der Waals surface area contributed by atoms with Crippen molar-refractivity contribution >= 4 is 22.9 Å². The van der Waals surface area contributed by atoms with Gasteiger partial charge in [0.15, 0.2) is 5.78 Å². The Labute approximate surface area is 244 Å². The SMILES string of the molecule is Cc1ccc(N2C3=C(C(=O)c4ccccc4C3=O)C(c3ccccc3)c3c2cc(C)n(-c2ccc(C)cc2)c3=O)cc1. The van der Waals surface area contributed by atoms with E-state index in [1.807, 2.05) is 111 Å². The topological polar surface area (TPSA) is 59.4 Å². The van der Waals surface area contributed by atoms with E-state index in [2.05, 4.69) is 0 Å². The van der Waals surface area contributed by atoms with Crippen LogP contribution >= 0.6 is 0 Å². The Kier molecular flexibility index (Phi) is 5.91. The summed E-state index contributed by atoms with van der Waals surface area (Å²) in [6.07, 6.45) is 0. The van der Waals surface area contributed by atoms with Crippen LogP contribution in [0.2, 0.25) is 0 Å². The second-order valence-electron chi connectivity index (χ2n) is 11.0. The molecule has 5 nitrogen and oxygen atoms in total. The van der Waals surface area contributed by atoms with Crippen molar-refractivity contribution in [3.05, 3.63) is 170 Å². The zero-order valence-corrected chi connectivity index (χ0v) is 23.6. The Hall–Kier alpha value is -5.29. The lowest BCUT2D eigenvalue weighted by atomic mass is 9.73. The minimum atomic E-state index is -0.729. The van der Waals surface area contributed by atoms with Gasteiger partial charge in [-0.1, -0.05) is 90.0 Å². The summed E-state index contributed by atoms with van der Waals surface area (Å²) in [6, 6.07) is 34.1. The van der Waals surface area contributed by atoms with Crippen LogP contribution in [-0.4, -0.2) is 16.1 Å². The molecule has 0 saturated heterocycles. The van der Waals surface area contributed by atoms with Crippen LogP contribution in [0.5, 0.6) is 0 Å². The van der Waals surface area contributed by atoms with Gasteiger partial charge < -0.3 is 4.90 Å². The number of ketones is 2. The number of Topliss-reactive ketones (excluding diaryl/α,β-unsaturated/α-hetero) is 2. The number of pyridine rings is 1. The van der Waals surface area contributed by atoms with Crippen LogP contribution in [0.15, 0.2) is 125 Å². The lowest BCUT2D eigenvalue weighted by Crippen LogP contribution is -2.41. The highest BCUT2D eigenvalue weighted by molar-refractivity contribution is 6.30. The lowest BCUT2D eigenvalue weighted by molar-refractivity contribution is 0.0968. The molecule has 1 aliphatic heterocycles. The number of allylic oxidation sites excluding steroid dienone is 2. The molecular weight excluding hydrogens is 520 g/mol. The van der Waals surface area contributed by atoms with Gasteiger partial charge in [0.2, 0.25) is 5.78 Å². The van der Waals surface area contributed by atoms with Crippen molar-refractivity contribution < 1.29 is 9.59 Å². The van der Waals surface area contributed by atoms with Gasteiger partial charge in [-0.05, 0) is 56.7 Å². The largest absolute Gasteiger partial charge is 0.306 e. The minimum Gasteiger partial charge on any atom is -0.306 e. The number of hydrogen-bond donors (Lipinski definition) is 0. The molecule has 0 amide bonds. The third-order valence-corrected chi connectivity index (χ3v) is 8.30. The third-order valence-electron chi connectivity index (χ3n) is 8.30. The Bertz CT molecular complexity index is 2000. The Morgan fingerprint density at radius 3 is 1.76 bits per heavy atom. The van der Waals surface area contributed by atoms with Gasteiger partial charge in [0.25, 0.3) is 5.56 Å². The highest BCUT2D eigenvalue weighted by Gasteiger charge is 2.46. The number of benzene rings is 4. The van der Waals surface area contributed by atoms with Gasteiger partial charge >= 0.3 is 0 Å². The highest BCUT2D eigenvalue weighted by Crippen LogP contribution is 2.50. The van der Waals surface area contributed by atoms with Crippen molar-refractivity contribution in [1.29, 1.82) is 0 Å². The van der Waals surface area contributed by atoms with Crippen molar-refractivity contribution in [2.24, 2.45) is 0 Å². The number of carbonyl (C=O) groups excluding carboxylic acids is 2. The van der Waals surface area contributed by atoms with E-state index in [1.165, 1.54) is 0 Å². The summed E-state index contributed by atoms with van der Waals surface area (Å²) in [4.78, 5) is 45.4.